The van der Waals surface area contributed by atoms with Crippen LogP contribution in [0, 0.1) is 5.41 Å². The summed E-state index contributed by atoms with van der Waals surface area (Å²) in [7, 11) is 0. The SMILES string of the molecule is CC(C)(C)C(C(=O)O)n1cnc(-c2ccc(Cl)cc2)c1Br. The molecule has 1 N–H and O–H groups in total. The second kappa shape index (κ2) is 5.81. The zero-order valence-electron chi connectivity index (χ0n) is 12.0. The van der Waals surface area contributed by atoms with E-state index in [9.17, 15) is 9.90 Å². The Morgan fingerprint density at radius 2 is 1.90 bits per heavy atom. The first-order chi connectivity index (χ1) is 9.71. The lowest BCUT2D eigenvalue weighted by Gasteiger charge is -2.28. The lowest BCUT2D eigenvalue weighted by atomic mass is 9.86. The number of benzene rings is 1. The quantitative estimate of drug-likeness (QED) is 0.855. The fourth-order valence-corrected chi connectivity index (χ4v) is 2.99. The molecule has 1 unspecified atom stereocenters. The van der Waals surface area contributed by atoms with Crippen LogP contribution in [0.2, 0.25) is 5.02 Å². The van der Waals surface area contributed by atoms with Crippen LogP contribution in [0.1, 0.15) is 26.8 Å². The summed E-state index contributed by atoms with van der Waals surface area (Å²) >= 11 is 9.35. The van der Waals surface area contributed by atoms with Crippen LogP contribution in [-0.2, 0) is 4.79 Å². The molecule has 0 bridgehead atoms. The van der Waals surface area contributed by atoms with Crippen LogP contribution in [0.3, 0.4) is 0 Å². The van der Waals surface area contributed by atoms with E-state index >= 15 is 0 Å². The molecule has 6 heteroatoms. The van der Waals surface area contributed by atoms with Crippen LogP contribution in [0.15, 0.2) is 35.2 Å². The second-order valence-corrected chi connectivity index (χ2v) is 7.09. The molecule has 4 nitrogen and oxygen atoms in total. The molecule has 1 aromatic carbocycles. The number of nitrogens with zero attached hydrogens (tertiary/aromatic N) is 2. The van der Waals surface area contributed by atoms with E-state index in [1.807, 2.05) is 32.9 Å². The molecule has 0 aliphatic carbocycles. The Balaban J connectivity index is 2.49. The van der Waals surface area contributed by atoms with Gasteiger partial charge in [0.2, 0.25) is 0 Å². The van der Waals surface area contributed by atoms with Crippen molar-refractivity contribution in [2.75, 3.05) is 0 Å². The van der Waals surface area contributed by atoms with E-state index in [4.69, 9.17) is 11.6 Å². The van der Waals surface area contributed by atoms with Gasteiger partial charge in [0, 0.05) is 10.6 Å². The van der Waals surface area contributed by atoms with Crippen LogP contribution >= 0.6 is 27.5 Å². The number of halogens is 2. The van der Waals surface area contributed by atoms with Crippen LogP contribution in [0.4, 0.5) is 0 Å². The number of rotatable bonds is 3. The van der Waals surface area contributed by atoms with Gasteiger partial charge in [0.15, 0.2) is 0 Å². The number of hydrogen-bond donors (Lipinski definition) is 1. The zero-order valence-corrected chi connectivity index (χ0v) is 14.3. The van der Waals surface area contributed by atoms with Crippen LogP contribution < -0.4 is 0 Å². The summed E-state index contributed by atoms with van der Waals surface area (Å²) in [6.45, 7) is 5.67. The lowest BCUT2D eigenvalue weighted by molar-refractivity contribution is -0.144. The van der Waals surface area contributed by atoms with Crippen molar-refractivity contribution in [3.05, 3.63) is 40.2 Å². The first-order valence-corrected chi connectivity index (χ1v) is 7.60. The van der Waals surface area contributed by atoms with Crippen molar-refractivity contribution in [3.63, 3.8) is 0 Å². The Kier molecular flexibility index (Phi) is 4.44. The molecule has 0 fully saturated rings. The van der Waals surface area contributed by atoms with E-state index in [0.717, 1.165) is 5.56 Å². The molecule has 21 heavy (non-hydrogen) atoms. The summed E-state index contributed by atoms with van der Waals surface area (Å²) in [5.41, 5.74) is 1.14. The van der Waals surface area contributed by atoms with Gasteiger partial charge in [0.1, 0.15) is 16.3 Å². The van der Waals surface area contributed by atoms with Gasteiger partial charge < -0.3 is 9.67 Å². The van der Waals surface area contributed by atoms with Gasteiger partial charge in [-0.25, -0.2) is 9.78 Å². The summed E-state index contributed by atoms with van der Waals surface area (Å²) in [5.74, 6) is -0.886. The average molecular weight is 372 g/mol. The maximum absolute atomic E-state index is 11.6. The maximum atomic E-state index is 11.6. The fourth-order valence-electron chi connectivity index (χ4n) is 2.23. The summed E-state index contributed by atoms with van der Waals surface area (Å²) in [6.07, 6.45) is 1.55. The Morgan fingerprint density at radius 3 is 2.38 bits per heavy atom. The van der Waals surface area contributed by atoms with Crippen molar-refractivity contribution in [1.29, 1.82) is 0 Å². The van der Waals surface area contributed by atoms with Gasteiger partial charge in [-0.1, -0.05) is 44.5 Å². The number of hydrogen-bond acceptors (Lipinski definition) is 2. The Hall–Kier alpha value is -1.33. The van der Waals surface area contributed by atoms with Gasteiger partial charge in [-0.2, -0.15) is 0 Å². The average Bonchev–Trinajstić information content (AvgIpc) is 2.71. The second-order valence-electron chi connectivity index (χ2n) is 5.90. The summed E-state index contributed by atoms with van der Waals surface area (Å²) < 4.78 is 2.29. The summed E-state index contributed by atoms with van der Waals surface area (Å²) in [6, 6.07) is 6.56. The van der Waals surface area contributed by atoms with E-state index < -0.39 is 17.4 Å². The highest BCUT2D eigenvalue weighted by molar-refractivity contribution is 9.10. The first-order valence-electron chi connectivity index (χ1n) is 6.43. The number of aliphatic carboxylic acids is 1. The molecule has 1 atom stereocenters. The molecule has 1 aromatic heterocycles. The highest BCUT2D eigenvalue weighted by Crippen LogP contribution is 2.36. The van der Waals surface area contributed by atoms with Gasteiger partial charge in [-0.15, -0.1) is 0 Å². The Bertz CT molecular complexity index is 659. The molecule has 0 aliphatic rings. The molecule has 112 valence electrons. The number of carboxylic acids is 1. The lowest BCUT2D eigenvalue weighted by Crippen LogP contribution is -2.31. The van der Waals surface area contributed by atoms with Crippen molar-refractivity contribution in [2.45, 2.75) is 26.8 Å². The number of aromatic nitrogens is 2. The number of carboxylic acid groups (broad SMARTS) is 1. The van der Waals surface area contributed by atoms with Gasteiger partial charge in [0.05, 0.1) is 6.33 Å². The Labute approximate surface area is 136 Å². The molecule has 0 spiro atoms. The smallest absolute Gasteiger partial charge is 0.327 e. The minimum atomic E-state index is -0.886. The van der Waals surface area contributed by atoms with Gasteiger partial charge in [0.25, 0.3) is 0 Å². The minimum absolute atomic E-state index is 0.438. The number of imidazole rings is 1. The molecule has 0 radical (unpaired) electrons. The molecule has 0 saturated heterocycles. The standard InChI is InChI=1S/C15H16BrClN2O2/c1-15(2,3)12(14(20)21)19-8-18-11(13(19)16)9-4-6-10(17)7-5-9/h4-8,12H,1-3H3,(H,20,21). The van der Waals surface area contributed by atoms with E-state index in [-0.39, 0.29) is 0 Å². The van der Waals surface area contributed by atoms with Crippen LogP contribution in [-0.4, -0.2) is 20.6 Å². The summed E-state index contributed by atoms with van der Waals surface area (Å²) in [4.78, 5) is 15.9. The normalized spacial score (nSPS) is 13.2. The van der Waals surface area contributed by atoms with Crippen LogP contribution in [0.25, 0.3) is 11.3 Å². The first kappa shape index (κ1) is 16.0. The third-order valence-corrected chi connectivity index (χ3v) is 4.22. The van der Waals surface area contributed by atoms with Crippen molar-refractivity contribution >= 4 is 33.5 Å². The van der Waals surface area contributed by atoms with Gasteiger partial charge in [-0.3, -0.25) is 0 Å². The van der Waals surface area contributed by atoms with Crippen molar-refractivity contribution in [1.82, 2.24) is 9.55 Å². The third-order valence-electron chi connectivity index (χ3n) is 3.18. The molecule has 2 aromatic rings. The zero-order chi connectivity index (χ0) is 15.8. The van der Waals surface area contributed by atoms with Crippen molar-refractivity contribution in [3.8, 4) is 11.3 Å². The fraction of sp³-hybridized carbons (Fsp3) is 0.333. The molecule has 1 heterocycles. The van der Waals surface area contributed by atoms with E-state index in [2.05, 4.69) is 20.9 Å². The predicted molar refractivity (Wildman–Crippen MR) is 86.5 cm³/mol. The van der Waals surface area contributed by atoms with Crippen molar-refractivity contribution < 1.29 is 9.90 Å². The summed E-state index contributed by atoms with van der Waals surface area (Å²) in [5, 5.41) is 10.2. The predicted octanol–water partition coefficient (Wildman–Crippen LogP) is 4.64. The van der Waals surface area contributed by atoms with Crippen LogP contribution in [0.5, 0.6) is 0 Å². The molecule has 2 rings (SSSR count). The maximum Gasteiger partial charge on any atom is 0.327 e. The monoisotopic (exact) mass is 370 g/mol. The highest BCUT2D eigenvalue weighted by Gasteiger charge is 2.34. The number of carbonyl (C=O) groups is 1. The van der Waals surface area contributed by atoms with E-state index in [0.29, 0.717) is 15.3 Å². The molecular weight excluding hydrogens is 356 g/mol. The van der Waals surface area contributed by atoms with Gasteiger partial charge >= 0.3 is 5.97 Å². The molecule has 0 aliphatic heterocycles. The van der Waals surface area contributed by atoms with E-state index in [1.54, 1.807) is 23.0 Å². The largest absolute Gasteiger partial charge is 0.480 e. The highest BCUT2D eigenvalue weighted by atomic mass is 79.9. The molecule has 0 amide bonds. The van der Waals surface area contributed by atoms with Gasteiger partial charge in [-0.05, 0) is 33.5 Å². The Morgan fingerprint density at radius 1 is 1.33 bits per heavy atom. The topological polar surface area (TPSA) is 55.1 Å². The molecule has 0 saturated carbocycles. The minimum Gasteiger partial charge on any atom is -0.480 e. The van der Waals surface area contributed by atoms with E-state index in [1.165, 1.54) is 0 Å². The third kappa shape index (κ3) is 3.30. The molecular formula is C15H16BrClN2O2. The van der Waals surface area contributed by atoms with Crippen molar-refractivity contribution in [2.24, 2.45) is 5.41 Å².